The normalized spacial score (nSPS) is 145. The number of nitrogens with zero attached hydrogens (tertiary/aromatic N) is 2. The summed E-state index contributed by atoms with van der Waals surface area (Å²) in [6.45, 7) is -2.28. The molecule has 0 aromatic carbocycles. The summed E-state index contributed by atoms with van der Waals surface area (Å²) in [6.07, 6.45) is 0. The van der Waals surface area contributed by atoms with Crippen molar-refractivity contribution in [2.75, 3.05) is 0 Å². The van der Waals surface area contributed by atoms with Crippen molar-refractivity contribution in [3.8, 4) is 0 Å². The van der Waals surface area contributed by atoms with E-state index in [9.17, 15) is 0 Å². The van der Waals surface area contributed by atoms with Gasteiger partial charge in [0.15, 0.2) is 0 Å². The maximum atomic E-state index is 6.00. The molecule has 0 unspecified atom stereocenters. The Morgan fingerprint density at radius 1 is 0.462 bits per heavy atom. The molecule has 0 aromatic rings. The van der Waals surface area contributed by atoms with Crippen LogP contribution in [0.25, 0.3) is 0 Å². The van der Waals surface area contributed by atoms with Gasteiger partial charge in [-0.1, -0.05) is 0 Å². The molecule has 10 rings (SSSR count). The van der Waals surface area contributed by atoms with Crippen molar-refractivity contribution in [1.29, 1.82) is 10.8 Å². The first-order chi connectivity index (χ1) is 6.16. The second-order valence-electron chi connectivity index (χ2n) is 9.58. The van der Waals surface area contributed by atoms with Crippen molar-refractivity contribution < 1.29 is 6.51 Å². The molecule has 0 radical (unpaired) electrons. The van der Waals surface area contributed by atoms with Gasteiger partial charge in [-0.25, -0.2) is 0 Å². The third-order valence-corrected chi connectivity index (χ3v) is 56.5. The zero-order valence-electron chi connectivity index (χ0n) is 7.02. The molecule has 0 amide bonds. The van der Waals surface area contributed by atoms with Gasteiger partial charge in [0.05, 0.1) is 0 Å². The van der Waals surface area contributed by atoms with E-state index in [1.807, 2.05) is 0 Å². The topological polar surface area (TPSA) is 47.6 Å². The molecule has 3 heteroatoms. The van der Waals surface area contributed by atoms with Crippen molar-refractivity contribution in [2.24, 2.45) is 0 Å². The Morgan fingerprint density at radius 2 is 0.615 bits per heavy atom. The molecule has 0 N–H and O–H groups in total. The zero-order valence-corrected chi connectivity index (χ0v) is 8.13. The Labute approximate surface area is 65.8 Å². The van der Waals surface area contributed by atoms with Crippen LogP contribution in [0.5, 0.6) is 0 Å². The first-order valence-electron chi connectivity index (χ1n) is 5.57. The van der Waals surface area contributed by atoms with Gasteiger partial charge in [0.1, 0.15) is 0 Å². The molecular formula is C10H10FeN2. The zero-order chi connectivity index (χ0) is 8.09. The summed E-state index contributed by atoms with van der Waals surface area (Å²) in [6, 6.07) is 0. The predicted molar refractivity (Wildman–Crippen MR) is 41.0 cm³/mol. The summed E-state index contributed by atoms with van der Waals surface area (Å²) in [5.74, 6) is 0. The summed E-state index contributed by atoms with van der Waals surface area (Å²) < 4.78 is 0. The van der Waals surface area contributed by atoms with Gasteiger partial charge in [0.25, 0.3) is 0 Å². The average molecular weight is 214 g/mol. The number of fused-ring (bicyclic) bond motifs is 10. The molecule has 2 nitrogen and oxygen atoms in total. The Balaban J connectivity index is 0.000000212. The van der Waals surface area contributed by atoms with Gasteiger partial charge in [-0.15, -0.1) is 0 Å². The van der Waals surface area contributed by atoms with E-state index in [-0.39, 0.29) is 0 Å². The quantitative estimate of drug-likeness (QED) is 0.458. The SMILES string of the molecule is N#N.[CH]12[CH]3[CH]4[CH]5[CH]1[Fe]23451678[CH]2[CH]1[CH]6[CH]7[CH]28. The van der Waals surface area contributed by atoms with Crippen LogP contribution in [0.4, 0.5) is 0 Å². The Hall–Kier alpha value is -0.0605. The molecule has 10 heterocycles. The Kier molecular flexibility index (Phi) is 0.0823. The van der Waals surface area contributed by atoms with Crippen LogP contribution in [0.3, 0.4) is 0 Å². The van der Waals surface area contributed by atoms with E-state index < -0.39 is 6.51 Å². The van der Waals surface area contributed by atoms with E-state index in [1.165, 1.54) is 0 Å². The minimum atomic E-state index is -2.28. The van der Waals surface area contributed by atoms with E-state index in [0.717, 1.165) is 0 Å². The molecule has 0 saturated carbocycles. The molecule has 68 valence electrons. The molecular weight excluding hydrogens is 204 g/mol. The Bertz CT molecular complexity index is 622. The summed E-state index contributed by atoms with van der Waals surface area (Å²) >= 11 is 0. The van der Waals surface area contributed by atoms with E-state index >= 15 is 0 Å². The van der Waals surface area contributed by atoms with Crippen LogP contribution in [0, 0.1) is 10.8 Å². The number of hydrogen-bond acceptors (Lipinski definition) is 2. The van der Waals surface area contributed by atoms with Crippen LogP contribution in [-0.4, -0.2) is 0 Å². The molecule has 10 aliphatic rings. The molecule has 1 spiro atoms. The van der Waals surface area contributed by atoms with Crippen LogP contribution in [0.2, 0.25) is 48.2 Å². The van der Waals surface area contributed by atoms with Crippen molar-refractivity contribution in [2.45, 2.75) is 48.2 Å². The summed E-state index contributed by atoms with van der Waals surface area (Å²) in [4.78, 5) is 15.9. The van der Waals surface area contributed by atoms with E-state index in [1.54, 1.807) is 48.2 Å². The van der Waals surface area contributed by atoms with E-state index in [2.05, 4.69) is 0 Å². The molecule has 10 saturated heterocycles. The average Bonchev–Trinajstić information content (AvgIpc) is 3.15. The third-order valence-electron chi connectivity index (χ3n) is 14.5. The van der Waals surface area contributed by atoms with Crippen LogP contribution < -0.4 is 0 Å². The first kappa shape index (κ1) is 4.21. The summed E-state index contributed by atoms with van der Waals surface area (Å²) in [5.41, 5.74) is 0. The van der Waals surface area contributed by atoms with Crippen LogP contribution in [0.1, 0.15) is 0 Å². The van der Waals surface area contributed by atoms with Crippen molar-refractivity contribution in [3.63, 3.8) is 0 Å². The van der Waals surface area contributed by atoms with Crippen molar-refractivity contribution >= 4 is 0 Å². The monoisotopic (exact) mass is 214 g/mol. The maximum absolute atomic E-state index is 6.00. The molecule has 0 aromatic heterocycles. The van der Waals surface area contributed by atoms with Crippen molar-refractivity contribution in [3.05, 3.63) is 0 Å². The van der Waals surface area contributed by atoms with E-state index in [0.29, 0.717) is 0 Å². The van der Waals surface area contributed by atoms with Crippen LogP contribution >= 0.6 is 0 Å². The van der Waals surface area contributed by atoms with Gasteiger partial charge < -0.3 is 0 Å². The number of rotatable bonds is 0. The fraction of sp³-hybridized carbons (Fsp3) is 1.00. The fourth-order valence-electron chi connectivity index (χ4n) is 15.8. The van der Waals surface area contributed by atoms with Gasteiger partial charge in [0.2, 0.25) is 0 Å². The minimum absolute atomic E-state index is 1.59. The fourth-order valence-corrected chi connectivity index (χ4v) is 88.0. The van der Waals surface area contributed by atoms with Gasteiger partial charge in [0, 0.05) is 10.8 Å². The summed E-state index contributed by atoms with van der Waals surface area (Å²) in [5, 5.41) is 12.0. The second-order valence-corrected chi connectivity index (χ2v) is 33.5. The molecule has 0 bridgehead atoms. The second kappa shape index (κ2) is 0.254. The van der Waals surface area contributed by atoms with Gasteiger partial charge in [-0.05, 0) is 0 Å². The molecule has 0 aliphatic carbocycles. The molecule has 0 atom stereocenters. The van der Waals surface area contributed by atoms with E-state index in [4.69, 9.17) is 10.8 Å². The molecule has 10 aliphatic heterocycles. The Morgan fingerprint density at radius 3 is 0.615 bits per heavy atom. The van der Waals surface area contributed by atoms with Crippen LogP contribution in [-0.2, 0) is 6.51 Å². The first-order valence-corrected chi connectivity index (χ1v) is 11.9. The van der Waals surface area contributed by atoms with Gasteiger partial charge in [-0.2, -0.15) is 0 Å². The van der Waals surface area contributed by atoms with Gasteiger partial charge >= 0.3 is 54.7 Å². The molecule has 13 heavy (non-hydrogen) atoms. The predicted octanol–water partition coefficient (Wildman–Crippen LogP) is 3.41. The van der Waals surface area contributed by atoms with Crippen molar-refractivity contribution in [1.82, 2.24) is 0 Å². The molecule has 10 fully saturated rings. The third kappa shape index (κ3) is 0.0295. The standard InChI is InChI=1S/2C5H5.Fe.N2/c2*1-2-4-5-3-1;;1-2/h2*1-5H;;. The number of hydrogen-bond donors (Lipinski definition) is 0. The van der Waals surface area contributed by atoms with Crippen LogP contribution in [0.15, 0.2) is 0 Å². The summed E-state index contributed by atoms with van der Waals surface area (Å²) in [7, 11) is 0. The van der Waals surface area contributed by atoms with Gasteiger partial charge in [-0.3, -0.25) is 0 Å².